The average Bonchev–Trinajstić information content (AvgIpc) is 3.09. The quantitative estimate of drug-likeness (QED) is 0.590. The Labute approximate surface area is 180 Å². The van der Waals surface area contributed by atoms with Gasteiger partial charge >= 0.3 is 5.63 Å². The van der Waals surface area contributed by atoms with Crippen molar-refractivity contribution in [2.24, 2.45) is 0 Å². The maximum atomic E-state index is 12.4. The van der Waals surface area contributed by atoms with Crippen LogP contribution >= 0.6 is 0 Å². The van der Waals surface area contributed by atoms with E-state index in [4.69, 9.17) is 9.15 Å². The van der Waals surface area contributed by atoms with E-state index in [0.717, 1.165) is 22.1 Å². The highest BCUT2D eigenvalue weighted by Gasteiger charge is 2.28. The van der Waals surface area contributed by atoms with Crippen molar-refractivity contribution in [3.8, 4) is 16.9 Å². The molecule has 4 rings (SSSR count). The van der Waals surface area contributed by atoms with E-state index in [2.05, 4.69) is 5.32 Å². The van der Waals surface area contributed by atoms with E-state index < -0.39 is 15.5 Å². The molecule has 1 atom stereocenters. The Balaban J connectivity index is 1.61. The molecule has 1 aliphatic heterocycles. The largest absolute Gasteiger partial charge is 0.496 e. The molecular formula is C23H23NO6S. The molecule has 8 heteroatoms. The molecule has 1 fully saturated rings. The van der Waals surface area contributed by atoms with Gasteiger partial charge in [-0.05, 0) is 35.6 Å². The molecule has 7 nitrogen and oxygen atoms in total. The molecule has 162 valence electrons. The Morgan fingerprint density at radius 1 is 1.19 bits per heavy atom. The molecule has 1 saturated heterocycles. The lowest BCUT2D eigenvalue weighted by atomic mass is 9.98. The van der Waals surface area contributed by atoms with Gasteiger partial charge in [0, 0.05) is 30.0 Å². The van der Waals surface area contributed by atoms with Crippen LogP contribution in [0.15, 0.2) is 57.7 Å². The molecule has 0 saturated carbocycles. The second-order valence-corrected chi connectivity index (χ2v) is 9.90. The summed E-state index contributed by atoms with van der Waals surface area (Å²) in [4.78, 5) is 24.5. The number of amides is 1. The molecule has 1 aromatic heterocycles. The number of benzene rings is 2. The lowest BCUT2D eigenvalue weighted by Crippen LogP contribution is -2.35. The van der Waals surface area contributed by atoms with Gasteiger partial charge in [0.2, 0.25) is 5.91 Å². The van der Waals surface area contributed by atoms with Crippen molar-refractivity contribution in [3.05, 3.63) is 64.5 Å². The van der Waals surface area contributed by atoms with Gasteiger partial charge in [-0.3, -0.25) is 4.79 Å². The summed E-state index contributed by atoms with van der Waals surface area (Å²) in [6.07, 6.45) is 1.04. The van der Waals surface area contributed by atoms with Crippen molar-refractivity contribution >= 4 is 26.7 Å². The van der Waals surface area contributed by atoms with Crippen molar-refractivity contribution in [2.75, 3.05) is 18.6 Å². The molecule has 1 aliphatic rings. The first kappa shape index (κ1) is 21.1. The first-order valence-corrected chi connectivity index (χ1v) is 11.9. The van der Waals surface area contributed by atoms with Crippen LogP contribution in [0.4, 0.5) is 0 Å². The number of carbonyl (C=O) groups is 1. The lowest BCUT2D eigenvalue weighted by Gasteiger charge is -2.14. The highest BCUT2D eigenvalue weighted by atomic mass is 32.2. The zero-order valence-electron chi connectivity index (χ0n) is 17.1. The molecule has 0 radical (unpaired) electrons. The van der Waals surface area contributed by atoms with Gasteiger partial charge < -0.3 is 14.5 Å². The van der Waals surface area contributed by atoms with Crippen molar-refractivity contribution in [2.45, 2.75) is 25.3 Å². The second kappa shape index (κ2) is 8.55. The minimum Gasteiger partial charge on any atom is -0.496 e. The highest BCUT2D eigenvalue weighted by molar-refractivity contribution is 7.91. The SMILES string of the molecule is COc1cc2oc(=O)cc(-c3ccccc3)c2cc1CCC(=O)N[C@@H]1CCS(=O)(=O)C1. The number of nitrogens with one attached hydrogen (secondary N) is 1. The summed E-state index contributed by atoms with van der Waals surface area (Å²) in [6, 6.07) is 14.2. The predicted molar refractivity (Wildman–Crippen MR) is 118 cm³/mol. The van der Waals surface area contributed by atoms with Crippen molar-refractivity contribution in [1.29, 1.82) is 0 Å². The number of ether oxygens (including phenoxy) is 1. The standard InChI is InChI=1S/C23H23NO6S/c1-29-20-13-21-19(18(12-23(26)30-21)15-5-3-2-4-6-15)11-16(20)7-8-22(25)24-17-9-10-31(27,28)14-17/h2-6,11-13,17H,7-10,14H2,1H3,(H,24,25)/t17-/m1/s1. The van der Waals surface area contributed by atoms with Gasteiger partial charge in [-0.2, -0.15) is 0 Å². The summed E-state index contributed by atoms with van der Waals surface area (Å²) in [7, 11) is -1.53. The summed E-state index contributed by atoms with van der Waals surface area (Å²) in [5.41, 5.74) is 2.39. The minimum absolute atomic E-state index is 0.00248. The molecule has 2 aromatic carbocycles. The van der Waals surface area contributed by atoms with E-state index in [1.54, 1.807) is 6.07 Å². The van der Waals surface area contributed by atoms with Crippen molar-refractivity contribution in [3.63, 3.8) is 0 Å². The summed E-state index contributed by atoms with van der Waals surface area (Å²) in [5.74, 6) is 0.436. The minimum atomic E-state index is -3.05. The lowest BCUT2D eigenvalue weighted by molar-refractivity contribution is -0.121. The fraction of sp³-hybridized carbons (Fsp3) is 0.304. The van der Waals surface area contributed by atoms with Crippen LogP contribution in [-0.4, -0.2) is 39.0 Å². The van der Waals surface area contributed by atoms with Crippen LogP contribution in [0, 0.1) is 0 Å². The number of sulfone groups is 1. The number of carbonyl (C=O) groups excluding carboxylic acids is 1. The molecule has 1 amide bonds. The van der Waals surface area contributed by atoms with E-state index in [1.165, 1.54) is 13.2 Å². The van der Waals surface area contributed by atoms with Gasteiger partial charge in [-0.1, -0.05) is 30.3 Å². The van der Waals surface area contributed by atoms with Crippen LogP contribution in [0.25, 0.3) is 22.1 Å². The normalized spacial score (nSPS) is 17.5. The Hall–Kier alpha value is -3.13. The molecule has 0 aliphatic carbocycles. The summed E-state index contributed by atoms with van der Waals surface area (Å²) >= 11 is 0. The van der Waals surface area contributed by atoms with Crippen LogP contribution < -0.4 is 15.7 Å². The van der Waals surface area contributed by atoms with Crippen LogP contribution in [0.1, 0.15) is 18.4 Å². The zero-order valence-corrected chi connectivity index (χ0v) is 17.9. The van der Waals surface area contributed by atoms with Crippen molar-refractivity contribution in [1.82, 2.24) is 5.32 Å². The van der Waals surface area contributed by atoms with Gasteiger partial charge in [0.05, 0.1) is 18.6 Å². The molecule has 0 spiro atoms. The van der Waals surface area contributed by atoms with Gasteiger partial charge in [-0.15, -0.1) is 0 Å². The molecule has 1 N–H and O–H groups in total. The smallest absolute Gasteiger partial charge is 0.336 e. The third kappa shape index (κ3) is 4.80. The first-order chi connectivity index (χ1) is 14.8. The van der Waals surface area contributed by atoms with E-state index in [0.29, 0.717) is 24.2 Å². The van der Waals surface area contributed by atoms with E-state index >= 15 is 0 Å². The molecule has 3 aromatic rings. The third-order valence-electron chi connectivity index (χ3n) is 5.45. The fourth-order valence-corrected chi connectivity index (χ4v) is 5.61. The van der Waals surface area contributed by atoms with Crippen LogP contribution in [0.2, 0.25) is 0 Å². The zero-order chi connectivity index (χ0) is 22.0. The average molecular weight is 442 g/mol. The van der Waals surface area contributed by atoms with Crippen molar-refractivity contribution < 1.29 is 22.4 Å². The van der Waals surface area contributed by atoms with Crippen LogP contribution in [0.3, 0.4) is 0 Å². The highest BCUT2D eigenvalue weighted by Crippen LogP contribution is 2.32. The Kier molecular flexibility index (Phi) is 5.82. The van der Waals surface area contributed by atoms with E-state index in [9.17, 15) is 18.0 Å². The number of hydrogen-bond acceptors (Lipinski definition) is 6. The van der Waals surface area contributed by atoms with Crippen LogP contribution in [0.5, 0.6) is 5.75 Å². The summed E-state index contributed by atoms with van der Waals surface area (Å²) in [6.45, 7) is 0. The monoisotopic (exact) mass is 441 g/mol. The second-order valence-electron chi connectivity index (χ2n) is 7.67. The van der Waals surface area contributed by atoms with Crippen LogP contribution in [-0.2, 0) is 21.1 Å². The number of fused-ring (bicyclic) bond motifs is 1. The number of hydrogen-bond donors (Lipinski definition) is 1. The maximum Gasteiger partial charge on any atom is 0.336 e. The van der Waals surface area contributed by atoms with E-state index in [-0.39, 0.29) is 29.9 Å². The number of rotatable bonds is 6. The summed E-state index contributed by atoms with van der Waals surface area (Å²) < 4.78 is 34.0. The number of methoxy groups -OCH3 is 1. The fourth-order valence-electron chi connectivity index (χ4n) is 3.93. The first-order valence-electron chi connectivity index (χ1n) is 10.0. The maximum absolute atomic E-state index is 12.4. The molecular weight excluding hydrogens is 418 g/mol. The van der Waals surface area contributed by atoms with Gasteiger partial charge in [-0.25, -0.2) is 13.2 Å². The Morgan fingerprint density at radius 3 is 2.65 bits per heavy atom. The molecule has 2 heterocycles. The Morgan fingerprint density at radius 2 is 1.97 bits per heavy atom. The predicted octanol–water partition coefficient (Wildman–Crippen LogP) is 2.70. The van der Waals surface area contributed by atoms with Gasteiger partial charge in [0.25, 0.3) is 0 Å². The van der Waals surface area contributed by atoms with Gasteiger partial charge in [0.15, 0.2) is 9.84 Å². The Bertz CT molecular complexity index is 1280. The van der Waals surface area contributed by atoms with E-state index in [1.807, 2.05) is 36.4 Å². The third-order valence-corrected chi connectivity index (χ3v) is 7.22. The molecule has 0 unspecified atom stereocenters. The molecule has 0 bridgehead atoms. The molecule has 31 heavy (non-hydrogen) atoms. The number of aryl methyl sites for hydroxylation is 1. The van der Waals surface area contributed by atoms with Gasteiger partial charge in [0.1, 0.15) is 11.3 Å². The topological polar surface area (TPSA) is 103 Å². The summed E-state index contributed by atoms with van der Waals surface area (Å²) in [5, 5.41) is 3.56.